The number of ether oxygens (including phenoxy) is 1. The lowest BCUT2D eigenvalue weighted by Gasteiger charge is -2.44. The second-order valence-corrected chi connectivity index (χ2v) is 9.42. The van der Waals surface area contributed by atoms with Gasteiger partial charge in [-0.25, -0.2) is 9.97 Å². The second kappa shape index (κ2) is 7.64. The summed E-state index contributed by atoms with van der Waals surface area (Å²) in [6, 6.07) is 0. The molecule has 27 heavy (non-hydrogen) atoms. The molecule has 5 nitrogen and oxygen atoms in total. The molecule has 2 aromatic heterocycles. The standard InChI is InChI=1S/C21H31N3O2S/c1-4-21(24(2)3)10-7-15(8-11-21)26-19-18-17-14(9-12-25)5-6-16(17)27-20(18)23-13-22-19/h13-15,25H,4-12H2,1-3H3. The molecule has 2 heterocycles. The van der Waals surface area contributed by atoms with E-state index in [9.17, 15) is 5.11 Å². The lowest BCUT2D eigenvalue weighted by molar-refractivity contribution is 0.0402. The molecule has 1 unspecified atom stereocenters. The topological polar surface area (TPSA) is 58.5 Å². The molecule has 4 rings (SSSR count). The van der Waals surface area contributed by atoms with Crippen LogP contribution in [0.2, 0.25) is 0 Å². The zero-order valence-electron chi connectivity index (χ0n) is 16.7. The van der Waals surface area contributed by atoms with Gasteiger partial charge in [-0.05, 0) is 76.9 Å². The largest absolute Gasteiger partial charge is 0.474 e. The van der Waals surface area contributed by atoms with Crippen molar-refractivity contribution >= 4 is 21.6 Å². The quantitative estimate of drug-likeness (QED) is 0.805. The first-order valence-corrected chi connectivity index (χ1v) is 11.1. The van der Waals surface area contributed by atoms with Crippen LogP contribution in [0.15, 0.2) is 6.33 Å². The van der Waals surface area contributed by atoms with Crippen molar-refractivity contribution in [1.29, 1.82) is 0 Å². The average molecular weight is 390 g/mol. The molecule has 148 valence electrons. The molecule has 2 aliphatic rings. The minimum atomic E-state index is 0.232. The molecule has 1 N–H and O–H groups in total. The fraction of sp³-hybridized carbons (Fsp3) is 0.714. The lowest BCUT2D eigenvalue weighted by atomic mass is 9.77. The Kier molecular flexibility index (Phi) is 5.41. The van der Waals surface area contributed by atoms with E-state index in [4.69, 9.17) is 4.74 Å². The average Bonchev–Trinajstić information content (AvgIpc) is 3.23. The van der Waals surface area contributed by atoms with Gasteiger partial charge in [0.1, 0.15) is 17.3 Å². The van der Waals surface area contributed by atoms with E-state index < -0.39 is 0 Å². The summed E-state index contributed by atoms with van der Waals surface area (Å²) in [5.41, 5.74) is 1.67. The third-order valence-electron chi connectivity index (χ3n) is 6.92. The summed E-state index contributed by atoms with van der Waals surface area (Å²) in [5.74, 6) is 1.18. The summed E-state index contributed by atoms with van der Waals surface area (Å²) in [6.45, 7) is 2.53. The van der Waals surface area contributed by atoms with E-state index >= 15 is 0 Å². The van der Waals surface area contributed by atoms with Crippen LogP contribution in [0.4, 0.5) is 0 Å². The zero-order valence-corrected chi connectivity index (χ0v) is 17.5. The summed E-state index contributed by atoms with van der Waals surface area (Å²) >= 11 is 1.78. The maximum absolute atomic E-state index is 9.45. The van der Waals surface area contributed by atoms with Crippen LogP contribution in [0.5, 0.6) is 5.88 Å². The maximum atomic E-state index is 9.45. The van der Waals surface area contributed by atoms with Gasteiger partial charge in [0.2, 0.25) is 5.88 Å². The Morgan fingerprint density at radius 1 is 1.26 bits per heavy atom. The SMILES string of the molecule is CCC1(N(C)C)CCC(Oc2ncnc3sc4c(c23)C(CCO)CC4)CC1. The van der Waals surface area contributed by atoms with Crippen LogP contribution < -0.4 is 4.74 Å². The van der Waals surface area contributed by atoms with Gasteiger partial charge in [0.25, 0.3) is 0 Å². The molecule has 0 spiro atoms. The molecule has 2 aliphatic carbocycles. The summed E-state index contributed by atoms with van der Waals surface area (Å²) in [7, 11) is 4.41. The molecule has 1 fully saturated rings. The van der Waals surface area contributed by atoms with Gasteiger partial charge < -0.3 is 14.7 Å². The van der Waals surface area contributed by atoms with Gasteiger partial charge in [-0.2, -0.15) is 0 Å². The summed E-state index contributed by atoms with van der Waals surface area (Å²) in [4.78, 5) is 13.9. The van der Waals surface area contributed by atoms with E-state index in [2.05, 4.69) is 35.9 Å². The fourth-order valence-electron chi connectivity index (χ4n) is 5.10. The van der Waals surface area contributed by atoms with Crippen LogP contribution in [0, 0.1) is 0 Å². The van der Waals surface area contributed by atoms with Crippen molar-refractivity contribution in [2.45, 2.75) is 75.9 Å². The molecule has 0 radical (unpaired) electrons. The Morgan fingerprint density at radius 2 is 2.04 bits per heavy atom. The highest BCUT2D eigenvalue weighted by Gasteiger charge is 2.37. The van der Waals surface area contributed by atoms with Crippen molar-refractivity contribution in [2.75, 3.05) is 20.7 Å². The summed E-state index contributed by atoms with van der Waals surface area (Å²) in [5, 5.41) is 10.6. The van der Waals surface area contributed by atoms with Crippen LogP contribution in [0.1, 0.15) is 68.2 Å². The molecule has 2 aromatic rings. The monoisotopic (exact) mass is 389 g/mol. The van der Waals surface area contributed by atoms with Gasteiger partial charge in [-0.3, -0.25) is 0 Å². The van der Waals surface area contributed by atoms with E-state index in [-0.39, 0.29) is 12.7 Å². The van der Waals surface area contributed by atoms with Crippen molar-refractivity contribution < 1.29 is 9.84 Å². The van der Waals surface area contributed by atoms with Crippen molar-refractivity contribution in [3.63, 3.8) is 0 Å². The van der Waals surface area contributed by atoms with E-state index in [1.165, 1.54) is 29.7 Å². The summed E-state index contributed by atoms with van der Waals surface area (Å²) in [6.07, 6.45) is 10.6. The van der Waals surface area contributed by atoms with Crippen LogP contribution in [0.25, 0.3) is 10.2 Å². The van der Waals surface area contributed by atoms with Gasteiger partial charge in [0, 0.05) is 17.0 Å². The molecule has 0 bridgehead atoms. The van der Waals surface area contributed by atoms with Crippen LogP contribution >= 0.6 is 11.3 Å². The first-order chi connectivity index (χ1) is 13.1. The van der Waals surface area contributed by atoms with Gasteiger partial charge in [0.15, 0.2) is 0 Å². The van der Waals surface area contributed by atoms with E-state index in [0.717, 1.165) is 48.2 Å². The molecule has 0 amide bonds. The molecule has 1 saturated carbocycles. The van der Waals surface area contributed by atoms with Gasteiger partial charge in [-0.1, -0.05) is 6.92 Å². The minimum absolute atomic E-state index is 0.232. The molecular formula is C21H31N3O2S. The van der Waals surface area contributed by atoms with Crippen molar-refractivity contribution in [1.82, 2.24) is 14.9 Å². The number of hydrogen-bond donors (Lipinski definition) is 1. The fourth-order valence-corrected chi connectivity index (χ4v) is 6.33. The third-order valence-corrected chi connectivity index (χ3v) is 8.09. The number of nitrogens with zero attached hydrogens (tertiary/aromatic N) is 3. The smallest absolute Gasteiger partial charge is 0.225 e. The Bertz CT molecular complexity index is 796. The number of aliphatic hydroxyl groups is 1. The van der Waals surface area contributed by atoms with Gasteiger partial charge >= 0.3 is 0 Å². The Balaban J connectivity index is 1.57. The number of rotatable bonds is 6. The maximum Gasteiger partial charge on any atom is 0.225 e. The Morgan fingerprint density at radius 3 is 2.70 bits per heavy atom. The minimum Gasteiger partial charge on any atom is -0.474 e. The number of thiophene rings is 1. The first-order valence-electron chi connectivity index (χ1n) is 10.3. The van der Waals surface area contributed by atoms with Crippen LogP contribution in [0.3, 0.4) is 0 Å². The van der Waals surface area contributed by atoms with Crippen molar-refractivity contribution in [3.05, 3.63) is 16.8 Å². The molecule has 6 heteroatoms. The lowest BCUT2D eigenvalue weighted by Crippen LogP contribution is -2.48. The summed E-state index contributed by atoms with van der Waals surface area (Å²) < 4.78 is 6.47. The zero-order chi connectivity index (χ0) is 19.0. The van der Waals surface area contributed by atoms with Crippen molar-refractivity contribution in [3.8, 4) is 5.88 Å². The third kappa shape index (κ3) is 3.36. The van der Waals surface area contributed by atoms with E-state index in [1.54, 1.807) is 17.7 Å². The molecule has 0 aliphatic heterocycles. The van der Waals surface area contributed by atoms with Gasteiger partial charge in [-0.15, -0.1) is 11.3 Å². The number of aryl methyl sites for hydroxylation is 1. The normalized spacial score (nSPS) is 28.0. The van der Waals surface area contributed by atoms with Crippen molar-refractivity contribution in [2.24, 2.45) is 0 Å². The first kappa shape index (κ1) is 19.1. The Labute approximate surface area is 165 Å². The molecule has 0 aromatic carbocycles. The van der Waals surface area contributed by atoms with E-state index in [0.29, 0.717) is 11.5 Å². The highest BCUT2D eigenvalue weighted by Crippen LogP contribution is 2.47. The number of aliphatic hydroxyl groups excluding tert-OH is 1. The number of aromatic nitrogens is 2. The van der Waals surface area contributed by atoms with E-state index in [1.807, 2.05) is 0 Å². The predicted octanol–water partition coefficient (Wildman–Crippen LogP) is 4.14. The number of fused-ring (bicyclic) bond motifs is 3. The van der Waals surface area contributed by atoms with Crippen LogP contribution in [-0.2, 0) is 6.42 Å². The van der Waals surface area contributed by atoms with Gasteiger partial charge in [0.05, 0.1) is 5.39 Å². The highest BCUT2D eigenvalue weighted by molar-refractivity contribution is 7.19. The second-order valence-electron chi connectivity index (χ2n) is 8.34. The molecular weight excluding hydrogens is 358 g/mol. The highest BCUT2D eigenvalue weighted by atomic mass is 32.1. The van der Waals surface area contributed by atoms with Crippen LogP contribution in [-0.4, -0.2) is 52.3 Å². The number of hydrogen-bond acceptors (Lipinski definition) is 6. The predicted molar refractivity (Wildman–Crippen MR) is 110 cm³/mol. The molecule has 1 atom stereocenters. The Hall–Kier alpha value is -1.24. The molecule has 0 saturated heterocycles.